The fourth-order valence-electron chi connectivity index (χ4n) is 8.00. The van der Waals surface area contributed by atoms with Crippen LogP contribution in [0.1, 0.15) is 107 Å². The second kappa shape index (κ2) is 22.1. The highest BCUT2D eigenvalue weighted by molar-refractivity contribution is 5.98. The molecule has 1 aromatic rings. The molecule has 14 heteroatoms. The number of nitrogens with zero attached hydrogens (tertiary/aromatic N) is 4. The first-order valence-electron chi connectivity index (χ1n) is 22.0. The predicted molar refractivity (Wildman–Crippen MR) is 237 cm³/mol. The Morgan fingerprint density at radius 2 is 1.44 bits per heavy atom. The molecular formula is C47H75N5O9. The van der Waals surface area contributed by atoms with Crippen LogP contribution in [0.2, 0.25) is 0 Å². The van der Waals surface area contributed by atoms with Crippen LogP contribution in [0.5, 0.6) is 5.75 Å². The minimum atomic E-state index is -1.07. The maximum Gasteiger partial charge on any atom is 0.329 e. The van der Waals surface area contributed by atoms with E-state index < -0.39 is 83.3 Å². The Morgan fingerprint density at radius 1 is 0.869 bits per heavy atom. The number of ether oxygens (including phenoxy) is 3. The number of hydrogen-bond acceptors (Lipinski definition) is 10. The number of methoxy groups -OCH3 is 1. The van der Waals surface area contributed by atoms with Crippen LogP contribution in [0.15, 0.2) is 40.9 Å². The van der Waals surface area contributed by atoms with Crippen molar-refractivity contribution in [2.24, 2.45) is 34.1 Å². The van der Waals surface area contributed by atoms with Crippen molar-refractivity contribution in [2.75, 3.05) is 34.9 Å². The molecule has 61 heavy (non-hydrogen) atoms. The monoisotopic (exact) mass is 854 g/mol. The van der Waals surface area contributed by atoms with E-state index in [4.69, 9.17) is 19.2 Å². The number of aliphatic hydroxyl groups is 1. The summed E-state index contributed by atoms with van der Waals surface area (Å²) >= 11 is 0. The smallest absolute Gasteiger partial charge is 0.329 e. The quantitative estimate of drug-likeness (QED) is 0.340. The molecule has 14 nitrogen and oxygen atoms in total. The van der Waals surface area contributed by atoms with Crippen molar-refractivity contribution < 1.29 is 43.3 Å². The minimum absolute atomic E-state index is 0.0721. The lowest BCUT2D eigenvalue weighted by atomic mass is 9.81. The molecule has 0 aliphatic carbocycles. The molecule has 2 bridgehead atoms. The normalized spacial score (nSPS) is 30.5. The van der Waals surface area contributed by atoms with Gasteiger partial charge in [0, 0.05) is 33.1 Å². The molecule has 1 aromatic carbocycles. The lowest BCUT2D eigenvalue weighted by Crippen LogP contribution is -2.60. The molecule has 0 spiro atoms. The van der Waals surface area contributed by atoms with Gasteiger partial charge < -0.3 is 39.3 Å². The second-order valence-electron chi connectivity index (χ2n) is 18.7. The zero-order chi connectivity index (χ0) is 46.1. The Morgan fingerprint density at radius 3 is 2.00 bits per heavy atom. The van der Waals surface area contributed by atoms with Crippen LogP contribution in [-0.4, -0.2) is 133 Å². The summed E-state index contributed by atoms with van der Waals surface area (Å²) in [7, 11) is 6.22. The molecule has 0 aromatic heterocycles. The number of cyclic esters (lactones) is 1. The number of hydrogen-bond donors (Lipinski definition) is 2. The standard InChI is InChI=1S/C47H75N5O9/c1-16-28(4)39-45(57)52(14)40(29(5)17-2)46(58)61-38(47(9,10)11)23-27(3)22-37(53)31(7)42-48-34(26-60-42)24-30(6)41(54)49-36(25-33-18-20-35(59-15)21-19-33)44(56)50(12)32(8)43(55)51(39)13/h18-21,24,27-29,31-32,34,36-40,53H,16-17,22-23,25-26H2,1-15H3,(H,49,54)/b30-24+/t27-,28-,29-,31-,32-,34-,36-,37-,38-,39-,40-/m0/s1. The van der Waals surface area contributed by atoms with Crippen LogP contribution in [0, 0.1) is 29.1 Å². The first-order valence-corrected chi connectivity index (χ1v) is 22.0. The maximum absolute atomic E-state index is 14.7. The number of likely N-dealkylation sites (N-methyl/N-ethyl adjacent to an activating group) is 3. The van der Waals surface area contributed by atoms with Crippen molar-refractivity contribution in [3.63, 3.8) is 0 Å². The maximum atomic E-state index is 14.7. The highest BCUT2D eigenvalue weighted by atomic mass is 16.5. The zero-order valence-corrected chi connectivity index (χ0v) is 39.5. The van der Waals surface area contributed by atoms with E-state index in [2.05, 4.69) is 5.32 Å². The first-order chi connectivity index (χ1) is 28.5. The van der Waals surface area contributed by atoms with E-state index in [-0.39, 0.29) is 30.8 Å². The molecular weight excluding hydrogens is 779 g/mol. The van der Waals surface area contributed by atoms with E-state index in [1.165, 1.54) is 21.7 Å². The van der Waals surface area contributed by atoms with Crippen molar-refractivity contribution in [1.29, 1.82) is 0 Å². The van der Waals surface area contributed by atoms with E-state index >= 15 is 0 Å². The van der Waals surface area contributed by atoms with Crippen LogP contribution in [0.25, 0.3) is 0 Å². The number of nitrogens with one attached hydrogen (secondary N) is 1. The third kappa shape index (κ3) is 13.0. The van der Waals surface area contributed by atoms with E-state index in [9.17, 15) is 29.1 Å². The fourth-order valence-corrected chi connectivity index (χ4v) is 8.00. The summed E-state index contributed by atoms with van der Waals surface area (Å²) in [6.07, 6.45) is 2.44. The third-order valence-electron chi connectivity index (χ3n) is 12.8. The Hall–Kier alpha value is -4.46. The minimum Gasteiger partial charge on any atom is -0.497 e. The first kappa shape index (κ1) is 50.9. The molecule has 2 heterocycles. The van der Waals surface area contributed by atoms with Gasteiger partial charge in [-0.1, -0.05) is 87.3 Å². The van der Waals surface area contributed by atoms with E-state index in [1.54, 1.807) is 53.3 Å². The number of benzene rings is 1. The second-order valence-corrected chi connectivity index (χ2v) is 18.7. The van der Waals surface area contributed by atoms with Gasteiger partial charge in [-0.3, -0.25) is 19.2 Å². The summed E-state index contributed by atoms with van der Waals surface area (Å²) in [5, 5.41) is 14.3. The van der Waals surface area contributed by atoms with Crippen molar-refractivity contribution in [2.45, 2.75) is 151 Å². The lowest BCUT2D eigenvalue weighted by molar-refractivity contribution is -0.169. The molecule has 2 aliphatic rings. The van der Waals surface area contributed by atoms with Gasteiger partial charge in [0.15, 0.2) is 5.90 Å². The van der Waals surface area contributed by atoms with Gasteiger partial charge in [0.05, 0.1) is 19.1 Å². The number of rotatable bonds is 7. The van der Waals surface area contributed by atoms with Gasteiger partial charge in [-0.2, -0.15) is 0 Å². The van der Waals surface area contributed by atoms with Crippen molar-refractivity contribution >= 4 is 35.5 Å². The topological polar surface area (TPSA) is 167 Å². The van der Waals surface area contributed by atoms with E-state index in [0.717, 1.165) is 5.56 Å². The largest absolute Gasteiger partial charge is 0.497 e. The molecule has 4 amide bonds. The SMILES string of the molecule is CC[C@H](C)[C@H]1C(=O)O[C@H](C(C)(C)C)C[C@@H](C)C[C@H](O)[C@H](C)C2=N[C@@H](/C=C(\C)C(=O)N[C@@H](Cc3ccc(OC)cc3)C(=O)N(C)[C@@H](C)C(=O)N(C)[C@@H]([C@@H](C)CC)C(=O)N1C)CO2. The fraction of sp³-hybridized carbons (Fsp3) is 0.702. The summed E-state index contributed by atoms with van der Waals surface area (Å²) in [4.78, 5) is 80.6. The molecule has 11 atom stereocenters. The Balaban J connectivity index is 2.15. The highest BCUT2D eigenvalue weighted by Gasteiger charge is 2.43. The Kier molecular flexibility index (Phi) is 18.4. The number of esters is 1. The molecule has 3 rings (SSSR count). The molecule has 2 N–H and O–H groups in total. The number of amides is 4. The number of aliphatic imine (C=N–C) groups is 1. The summed E-state index contributed by atoms with van der Waals surface area (Å²) in [6, 6.07) is 2.65. The van der Waals surface area contributed by atoms with Crippen LogP contribution < -0.4 is 10.1 Å². The van der Waals surface area contributed by atoms with Gasteiger partial charge in [0.1, 0.15) is 48.7 Å². The molecule has 0 radical (unpaired) electrons. The Bertz CT molecular complexity index is 1740. The average molecular weight is 854 g/mol. The molecule has 0 unspecified atom stereocenters. The van der Waals surface area contributed by atoms with Gasteiger partial charge in [-0.15, -0.1) is 0 Å². The van der Waals surface area contributed by atoms with Gasteiger partial charge in [0.25, 0.3) is 0 Å². The van der Waals surface area contributed by atoms with Crippen molar-refractivity contribution in [3.05, 3.63) is 41.5 Å². The molecule has 342 valence electrons. The number of carbonyl (C=O) groups excluding carboxylic acids is 5. The third-order valence-corrected chi connectivity index (χ3v) is 12.8. The number of carbonyl (C=O) groups is 5. The average Bonchev–Trinajstić information content (AvgIpc) is 3.69. The molecule has 0 fully saturated rings. The lowest BCUT2D eigenvalue weighted by Gasteiger charge is -2.41. The van der Waals surface area contributed by atoms with Crippen LogP contribution >= 0.6 is 0 Å². The molecule has 0 saturated carbocycles. The summed E-state index contributed by atoms with van der Waals surface area (Å²) in [6.45, 7) is 21.0. The van der Waals surface area contributed by atoms with Gasteiger partial charge in [-0.25, -0.2) is 9.79 Å². The van der Waals surface area contributed by atoms with Crippen LogP contribution in [0.3, 0.4) is 0 Å². The zero-order valence-electron chi connectivity index (χ0n) is 39.5. The van der Waals surface area contributed by atoms with Crippen molar-refractivity contribution in [3.8, 4) is 5.75 Å². The summed E-state index contributed by atoms with van der Waals surface area (Å²) in [5.41, 5.74) is 0.611. The summed E-state index contributed by atoms with van der Waals surface area (Å²) in [5.74, 6) is -2.50. The van der Waals surface area contributed by atoms with E-state index in [1.807, 2.05) is 74.4 Å². The number of fused-ring (bicyclic) bond motifs is 1. The van der Waals surface area contributed by atoms with Crippen molar-refractivity contribution in [1.82, 2.24) is 20.0 Å². The van der Waals surface area contributed by atoms with Crippen LogP contribution in [-0.2, 0) is 39.9 Å². The molecule has 2 aliphatic heterocycles. The number of aliphatic hydroxyl groups excluding tert-OH is 1. The van der Waals surface area contributed by atoms with Gasteiger partial charge in [-0.05, 0) is 73.6 Å². The van der Waals surface area contributed by atoms with Gasteiger partial charge >= 0.3 is 5.97 Å². The summed E-state index contributed by atoms with van der Waals surface area (Å²) < 4.78 is 17.6. The van der Waals surface area contributed by atoms with E-state index in [0.29, 0.717) is 42.9 Å². The van der Waals surface area contributed by atoms with Crippen LogP contribution in [0.4, 0.5) is 0 Å². The predicted octanol–water partition coefficient (Wildman–Crippen LogP) is 5.44. The molecule has 0 saturated heterocycles. The van der Waals surface area contributed by atoms with Gasteiger partial charge in [0.2, 0.25) is 23.6 Å². The Labute approximate surface area is 364 Å². The highest BCUT2D eigenvalue weighted by Crippen LogP contribution is 2.32.